The van der Waals surface area contributed by atoms with Gasteiger partial charge in [-0.15, -0.1) is 11.8 Å². The van der Waals surface area contributed by atoms with E-state index in [1.807, 2.05) is 0 Å². The summed E-state index contributed by atoms with van der Waals surface area (Å²) in [6.45, 7) is 3.02. The van der Waals surface area contributed by atoms with E-state index in [-0.39, 0.29) is 17.6 Å². The Morgan fingerprint density at radius 3 is 2.96 bits per heavy atom. The zero-order valence-corrected chi connectivity index (χ0v) is 14.6. The molecule has 0 aliphatic heterocycles. The van der Waals surface area contributed by atoms with Gasteiger partial charge in [0.1, 0.15) is 11.6 Å². The zero-order valence-electron chi connectivity index (χ0n) is 13.8. The number of thioether (sulfide) groups is 1. The summed E-state index contributed by atoms with van der Waals surface area (Å²) in [6.07, 6.45) is 0.793. The van der Waals surface area contributed by atoms with Crippen molar-refractivity contribution in [2.45, 2.75) is 19.1 Å². The van der Waals surface area contributed by atoms with Gasteiger partial charge >= 0.3 is 0 Å². The molecule has 0 saturated carbocycles. The summed E-state index contributed by atoms with van der Waals surface area (Å²) >= 11 is 1.45. The number of carbonyl (C=O) groups excluding carboxylic acids is 1. The molecule has 0 saturated heterocycles. The van der Waals surface area contributed by atoms with Gasteiger partial charge in [-0.05, 0) is 25.5 Å². The molecule has 24 heavy (non-hydrogen) atoms. The highest BCUT2D eigenvalue weighted by molar-refractivity contribution is 7.99. The minimum Gasteiger partial charge on any atom is -0.441 e. The lowest BCUT2D eigenvalue weighted by molar-refractivity contribution is -0.118. The summed E-state index contributed by atoms with van der Waals surface area (Å²) in [7, 11) is 1.63. The molecule has 1 N–H and O–H groups in total. The maximum Gasteiger partial charge on any atom is 0.230 e. The molecule has 0 spiro atoms. The summed E-state index contributed by atoms with van der Waals surface area (Å²) in [5.74, 6) is 1.40. The van der Waals surface area contributed by atoms with Gasteiger partial charge in [0.05, 0.1) is 17.0 Å². The predicted molar refractivity (Wildman–Crippen MR) is 92.3 cm³/mol. The van der Waals surface area contributed by atoms with E-state index in [1.54, 1.807) is 32.2 Å². The summed E-state index contributed by atoms with van der Waals surface area (Å²) in [5, 5.41) is 2.82. The quantitative estimate of drug-likeness (QED) is 0.702. The second kappa shape index (κ2) is 9.44. The van der Waals surface area contributed by atoms with Gasteiger partial charge in [-0.2, -0.15) is 0 Å². The number of nitrogens with one attached hydrogen (secondary N) is 1. The van der Waals surface area contributed by atoms with Crippen LogP contribution in [-0.2, 0) is 15.3 Å². The third-order valence-corrected chi connectivity index (χ3v) is 4.26. The summed E-state index contributed by atoms with van der Waals surface area (Å²) in [5.41, 5.74) is 1.07. The van der Waals surface area contributed by atoms with Gasteiger partial charge in [-0.3, -0.25) is 4.79 Å². The van der Waals surface area contributed by atoms with E-state index >= 15 is 0 Å². The highest BCUT2D eigenvalue weighted by Crippen LogP contribution is 2.26. The Labute approximate surface area is 145 Å². The standard InChI is InChI=1S/C17H21FN2O3S/c1-12-15(10-24-11-16(21)19-8-5-9-22-2)20-17(23-12)13-6-3-4-7-14(13)18/h3-4,6-7H,5,8-11H2,1-2H3,(H,19,21). The van der Waals surface area contributed by atoms with Gasteiger partial charge in [-0.25, -0.2) is 9.37 Å². The number of halogens is 1. The average Bonchev–Trinajstić information content (AvgIpc) is 2.93. The Hall–Kier alpha value is -1.86. The molecule has 1 amide bonds. The summed E-state index contributed by atoms with van der Waals surface area (Å²) < 4.78 is 24.3. The van der Waals surface area contributed by atoms with Crippen molar-refractivity contribution in [2.24, 2.45) is 0 Å². The maximum absolute atomic E-state index is 13.8. The summed E-state index contributed by atoms with van der Waals surface area (Å²) in [6, 6.07) is 6.36. The Balaban J connectivity index is 1.84. The molecule has 2 rings (SSSR count). The van der Waals surface area contributed by atoms with Crippen LogP contribution in [0.3, 0.4) is 0 Å². The second-order valence-electron chi connectivity index (χ2n) is 5.19. The van der Waals surface area contributed by atoms with Crippen LogP contribution < -0.4 is 5.32 Å². The molecule has 2 aromatic rings. The third-order valence-electron chi connectivity index (χ3n) is 3.32. The van der Waals surface area contributed by atoms with Crippen LogP contribution in [0.4, 0.5) is 4.39 Å². The van der Waals surface area contributed by atoms with E-state index in [0.717, 1.165) is 12.1 Å². The molecule has 1 aromatic heterocycles. The normalized spacial score (nSPS) is 10.8. The maximum atomic E-state index is 13.8. The van der Waals surface area contributed by atoms with Crippen molar-refractivity contribution in [3.05, 3.63) is 41.5 Å². The molecule has 1 aromatic carbocycles. The lowest BCUT2D eigenvalue weighted by Crippen LogP contribution is -2.26. The lowest BCUT2D eigenvalue weighted by Gasteiger charge is -2.04. The van der Waals surface area contributed by atoms with Crippen LogP contribution in [-0.4, -0.2) is 36.9 Å². The molecular formula is C17H21FN2O3S. The molecule has 0 atom stereocenters. The highest BCUT2D eigenvalue weighted by Gasteiger charge is 2.14. The number of ether oxygens (including phenoxy) is 1. The first-order valence-corrected chi connectivity index (χ1v) is 8.82. The van der Waals surface area contributed by atoms with Gasteiger partial charge in [0.2, 0.25) is 11.8 Å². The van der Waals surface area contributed by atoms with Crippen molar-refractivity contribution < 1.29 is 18.3 Å². The molecule has 0 radical (unpaired) electrons. The second-order valence-corrected chi connectivity index (χ2v) is 6.18. The zero-order chi connectivity index (χ0) is 17.4. The van der Waals surface area contributed by atoms with E-state index in [1.165, 1.54) is 17.8 Å². The fraction of sp³-hybridized carbons (Fsp3) is 0.412. The predicted octanol–water partition coefficient (Wildman–Crippen LogP) is 3.18. The van der Waals surface area contributed by atoms with Crippen LogP contribution in [0.1, 0.15) is 17.9 Å². The van der Waals surface area contributed by atoms with Crippen LogP contribution in [0.2, 0.25) is 0 Å². The Morgan fingerprint density at radius 2 is 2.21 bits per heavy atom. The van der Waals surface area contributed by atoms with Crippen molar-refractivity contribution in [3.8, 4) is 11.5 Å². The van der Waals surface area contributed by atoms with Gasteiger partial charge < -0.3 is 14.5 Å². The number of methoxy groups -OCH3 is 1. The van der Waals surface area contributed by atoms with E-state index in [9.17, 15) is 9.18 Å². The smallest absolute Gasteiger partial charge is 0.230 e. The van der Waals surface area contributed by atoms with Crippen LogP contribution in [0.25, 0.3) is 11.5 Å². The van der Waals surface area contributed by atoms with Gasteiger partial charge in [0.25, 0.3) is 0 Å². The number of benzene rings is 1. The van der Waals surface area contributed by atoms with Crippen LogP contribution in [0.15, 0.2) is 28.7 Å². The van der Waals surface area contributed by atoms with Gasteiger partial charge in [0.15, 0.2) is 0 Å². The van der Waals surface area contributed by atoms with Crippen LogP contribution in [0, 0.1) is 12.7 Å². The van der Waals surface area contributed by atoms with Gasteiger partial charge in [0, 0.05) is 26.0 Å². The van der Waals surface area contributed by atoms with Crippen molar-refractivity contribution in [1.82, 2.24) is 10.3 Å². The molecule has 0 fully saturated rings. The Kier molecular flexibility index (Phi) is 7.27. The largest absolute Gasteiger partial charge is 0.441 e. The molecule has 1 heterocycles. The highest BCUT2D eigenvalue weighted by atomic mass is 32.2. The Bertz CT molecular complexity index is 676. The van der Waals surface area contributed by atoms with Crippen LogP contribution >= 0.6 is 11.8 Å². The molecule has 5 nitrogen and oxygen atoms in total. The van der Waals surface area contributed by atoms with Crippen molar-refractivity contribution in [2.75, 3.05) is 26.0 Å². The molecule has 0 aliphatic carbocycles. The fourth-order valence-electron chi connectivity index (χ4n) is 2.05. The third kappa shape index (κ3) is 5.35. The van der Waals surface area contributed by atoms with Crippen molar-refractivity contribution in [3.63, 3.8) is 0 Å². The van der Waals surface area contributed by atoms with E-state index in [0.29, 0.717) is 36.0 Å². The topological polar surface area (TPSA) is 64.4 Å². The number of rotatable bonds is 9. The van der Waals surface area contributed by atoms with Crippen LogP contribution in [0.5, 0.6) is 0 Å². The minimum atomic E-state index is -0.367. The number of nitrogens with zero attached hydrogens (tertiary/aromatic N) is 1. The number of aromatic nitrogens is 1. The van der Waals surface area contributed by atoms with E-state index < -0.39 is 0 Å². The lowest BCUT2D eigenvalue weighted by atomic mass is 10.2. The van der Waals surface area contributed by atoms with E-state index in [2.05, 4.69) is 10.3 Å². The number of aryl methyl sites for hydroxylation is 1. The molecule has 0 unspecified atom stereocenters. The monoisotopic (exact) mass is 352 g/mol. The van der Waals surface area contributed by atoms with E-state index in [4.69, 9.17) is 9.15 Å². The van der Waals surface area contributed by atoms with Crippen molar-refractivity contribution >= 4 is 17.7 Å². The number of hydrogen-bond acceptors (Lipinski definition) is 5. The molecule has 130 valence electrons. The Morgan fingerprint density at radius 1 is 1.42 bits per heavy atom. The summed E-state index contributed by atoms with van der Waals surface area (Å²) in [4.78, 5) is 16.0. The molecule has 0 bridgehead atoms. The minimum absolute atomic E-state index is 0.0217. The first-order chi connectivity index (χ1) is 11.6. The van der Waals surface area contributed by atoms with Crippen molar-refractivity contribution in [1.29, 1.82) is 0 Å². The first-order valence-electron chi connectivity index (χ1n) is 7.66. The number of amides is 1. The molecule has 7 heteroatoms. The fourth-order valence-corrected chi connectivity index (χ4v) is 2.90. The number of oxazole rings is 1. The molecular weight excluding hydrogens is 331 g/mol. The number of hydrogen-bond donors (Lipinski definition) is 1. The first kappa shape index (κ1) is 18.5. The average molecular weight is 352 g/mol. The molecule has 0 aliphatic rings. The van der Waals surface area contributed by atoms with Gasteiger partial charge in [-0.1, -0.05) is 12.1 Å². The SMILES string of the molecule is COCCCNC(=O)CSCc1nc(-c2ccccc2F)oc1C. The number of carbonyl (C=O) groups is 1.